The molecule has 0 heterocycles. The van der Waals surface area contributed by atoms with Gasteiger partial charge in [-0.1, -0.05) is 26.7 Å². The second kappa shape index (κ2) is 11.0. The van der Waals surface area contributed by atoms with E-state index in [1.165, 1.54) is 25.7 Å². The van der Waals surface area contributed by atoms with Crippen molar-refractivity contribution in [3.63, 3.8) is 0 Å². The summed E-state index contributed by atoms with van der Waals surface area (Å²) in [6.07, 6.45) is 6.31. The van der Waals surface area contributed by atoms with E-state index in [2.05, 4.69) is 19.2 Å². The summed E-state index contributed by atoms with van der Waals surface area (Å²) in [5.41, 5.74) is 0. The highest BCUT2D eigenvalue weighted by atomic mass is 16.5. The van der Waals surface area contributed by atoms with Gasteiger partial charge in [0.05, 0.1) is 0 Å². The molecule has 0 saturated carbocycles. The average molecular weight is 201 g/mol. The Morgan fingerprint density at radius 3 is 2.21 bits per heavy atom. The van der Waals surface area contributed by atoms with Crippen molar-refractivity contribution in [3.8, 4) is 0 Å². The molecule has 0 fully saturated rings. The van der Waals surface area contributed by atoms with Gasteiger partial charge in [-0.25, -0.2) is 0 Å². The predicted octanol–water partition coefficient (Wildman–Crippen LogP) is 2.97. The van der Waals surface area contributed by atoms with Crippen LogP contribution in [0.25, 0.3) is 0 Å². The van der Waals surface area contributed by atoms with E-state index in [1.807, 2.05) is 6.92 Å². The molecule has 86 valence electrons. The van der Waals surface area contributed by atoms with Gasteiger partial charge in [0, 0.05) is 19.3 Å². The molecule has 0 amide bonds. The third-order valence-corrected chi connectivity index (χ3v) is 2.38. The van der Waals surface area contributed by atoms with Crippen molar-refractivity contribution < 1.29 is 4.74 Å². The van der Waals surface area contributed by atoms with Gasteiger partial charge in [-0.15, -0.1) is 0 Å². The van der Waals surface area contributed by atoms with Gasteiger partial charge in [0.25, 0.3) is 0 Å². The van der Waals surface area contributed by atoms with Gasteiger partial charge in [-0.3, -0.25) is 0 Å². The Labute approximate surface area is 89.4 Å². The minimum Gasteiger partial charge on any atom is -0.382 e. The van der Waals surface area contributed by atoms with Crippen LogP contribution in [0.4, 0.5) is 0 Å². The highest BCUT2D eigenvalue weighted by Crippen LogP contribution is 2.04. The molecule has 0 saturated heterocycles. The topological polar surface area (TPSA) is 21.3 Å². The van der Waals surface area contributed by atoms with Crippen LogP contribution < -0.4 is 5.32 Å². The molecule has 0 aromatic carbocycles. The normalized spacial score (nSPS) is 11.1. The van der Waals surface area contributed by atoms with E-state index < -0.39 is 0 Å². The predicted molar refractivity (Wildman–Crippen MR) is 62.7 cm³/mol. The van der Waals surface area contributed by atoms with Crippen LogP contribution in [0.2, 0.25) is 0 Å². The van der Waals surface area contributed by atoms with Gasteiger partial charge in [0.2, 0.25) is 0 Å². The summed E-state index contributed by atoms with van der Waals surface area (Å²) >= 11 is 0. The van der Waals surface area contributed by atoms with Crippen molar-refractivity contribution in [2.75, 3.05) is 19.8 Å². The molecule has 14 heavy (non-hydrogen) atoms. The van der Waals surface area contributed by atoms with E-state index in [0.29, 0.717) is 0 Å². The Balaban J connectivity index is 3.30. The lowest BCUT2D eigenvalue weighted by Gasteiger charge is -2.17. The maximum atomic E-state index is 5.30. The molecule has 0 aromatic rings. The second-order valence-electron chi connectivity index (χ2n) is 3.78. The Bertz CT molecular complexity index is 100. The smallest absolute Gasteiger partial charge is 0.0477 e. The zero-order chi connectivity index (χ0) is 10.6. The van der Waals surface area contributed by atoms with Crippen molar-refractivity contribution in [1.82, 2.24) is 5.32 Å². The van der Waals surface area contributed by atoms with Crippen LogP contribution in [0.1, 0.15) is 52.9 Å². The van der Waals surface area contributed by atoms with Crippen molar-refractivity contribution in [3.05, 3.63) is 0 Å². The molecule has 1 N–H and O–H groups in total. The molecule has 0 bridgehead atoms. The van der Waals surface area contributed by atoms with E-state index >= 15 is 0 Å². The van der Waals surface area contributed by atoms with Crippen molar-refractivity contribution in [2.45, 2.75) is 58.9 Å². The highest BCUT2D eigenvalue weighted by molar-refractivity contribution is 4.65. The molecule has 0 aliphatic carbocycles. The number of hydrogen-bond acceptors (Lipinski definition) is 2. The molecule has 0 spiro atoms. The van der Waals surface area contributed by atoms with Gasteiger partial charge in [-0.2, -0.15) is 0 Å². The molecule has 2 heteroatoms. The fraction of sp³-hybridized carbons (Fsp3) is 1.00. The van der Waals surface area contributed by atoms with Gasteiger partial charge in [0.15, 0.2) is 0 Å². The van der Waals surface area contributed by atoms with Crippen LogP contribution in [-0.4, -0.2) is 25.8 Å². The summed E-state index contributed by atoms with van der Waals surface area (Å²) in [4.78, 5) is 0. The summed E-state index contributed by atoms with van der Waals surface area (Å²) in [7, 11) is 0. The summed E-state index contributed by atoms with van der Waals surface area (Å²) in [5, 5.41) is 3.60. The molecule has 0 unspecified atom stereocenters. The minimum atomic E-state index is 0.728. The molecule has 0 rings (SSSR count). The maximum absolute atomic E-state index is 5.30. The number of rotatable bonds is 10. The molecule has 0 atom stereocenters. The fourth-order valence-electron chi connectivity index (χ4n) is 1.67. The molecule has 0 radical (unpaired) electrons. The first-order valence-corrected chi connectivity index (χ1v) is 6.16. The number of hydrogen-bond donors (Lipinski definition) is 1. The van der Waals surface area contributed by atoms with E-state index in [9.17, 15) is 0 Å². The quantitative estimate of drug-likeness (QED) is 0.549. The van der Waals surface area contributed by atoms with Gasteiger partial charge in [0.1, 0.15) is 0 Å². The van der Waals surface area contributed by atoms with Crippen LogP contribution in [-0.2, 0) is 4.74 Å². The van der Waals surface area contributed by atoms with E-state index in [1.54, 1.807) is 0 Å². The van der Waals surface area contributed by atoms with Crippen molar-refractivity contribution in [1.29, 1.82) is 0 Å². The van der Waals surface area contributed by atoms with Gasteiger partial charge >= 0.3 is 0 Å². The van der Waals surface area contributed by atoms with Crippen LogP contribution in [0.15, 0.2) is 0 Å². The van der Waals surface area contributed by atoms with E-state index in [-0.39, 0.29) is 0 Å². The Morgan fingerprint density at radius 1 is 1.07 bits per heavy atom. The number of nitrogens with one attached hydrogen (secondary N) is 1. The fourth-order valence-corrected chi connectivity index (χ4v) is 1.67. The molecular weight excluding hydrogens is 174 g/mol. The molecule has 0 aliphatic heterocycles. The summed E-state index contributed by atoms with van der Waals surface area (Å²) in [5.74, 6) is 0. The summed E-state index contributed by atoms with van der Waals surface area (Å²) < 4.78 is 5.30. The molecule has 0 aromatic heterocycles. The SMILES string of the molecule is CCCC(CCC)NCCCOCC. The molecule has 0 aliphatic rings. The van der Waals surface area contributed by atoms with Crippen LogP contribution in [0.5, 0.6) is 0 Å². The first kappa shape index (κ1) is 13.9. The van der Waals surface area contributed by atoms with E-state index in [0.717, 1.165) is 32.2 Å². The molecule has 2 nitrogen and oxygen atoms in total. The maximum Gasteiger partial charge on any atom is 0.0477 e. The summed E-state index contributed by atoms with van der Waals surface area (Å²) in [6.45, 7) is 9.39. The third-order valence-electron chi connectivity index (χ3n) is 2.38. The zero-order valence-electron chi connectivity index (χ0n) is 10.1. The second-order valence-corrected chi connectivity index (χ2v) is 3.78. The molecular formula is C12H27NO. The number of ether oxygens (including phenoxy) is 1. The van der Waals surface area contributed by atoms with Crippen molar-refractivity contribution in [2.24, 2.45) is 0 Å². The Hall–Kier alpha value is -0.0800. The van der Waals surface area contributed by atoms with E-state index in [4.69, 9.17) is 4.74 Å². The first-order valence-electron chi connectivity index (χ1n) is 6.16. The third kappa shape index (κ3) is 8.52. The largest absolute Gasteiger partial charge is 0.382 e. The highest BCUT2D eigenvalue weighted by Gasteiger charge is 2.04. The lowest BCUT2D eigenvalue weighted by atomic mass is 10.1. The van der Waals surface area contributed by atoms with Gasteiger partial charge < -0.3 is 10.1 Å². The Kier molecular flexibility index (Phi) is 10.9. The Morgan fingerprint density at radius 2 is 1.71 bits per heavy atom. The van der Waals surface area contributed by atoms with Crippen molar-refractivity contribution >= 4 is 0 Å². The van der Waals surface area contributed by atoms with Crippen LogP contribution in [0, 0.1) is 0 Å². The monoisotopic (exact) mass is 201 g/mol. The summed E-state index contributed by atoms with van der Waals surface area (Å²) in [6, 6.07) is 0.728. The standard InChI is InChI=1S/C12H27NO/c1-4-8-12(9-5-2)13-10-7-11-14-6-3/h12-13H,4-11H2,1-3H3. The average Bonchev–Trinajstić information content (AvgIpc) is 2.18. The van der Waals surface area contributed by atoms with Crippen LogP contribution >= 0.6 is 0 Å². The minimum absolute atomic E-state index is 0.728. The zero-order valence-corrected chi connectivity index (χ0v) is 10.1. The van der Waals surface area contributed by atoms with Gasteiger partial charge in [-0.05, 0) is 32.7 Å². The first-order chi connectivity index (χ1) is 6.85. The lowest BCUT2D eigenvalue weighted by Crippen LogP contribution is -2.30. The lowest BCUT2D eigenvalue weighted by molar-refractivity contribution is 0.144. The van der Waals surface area contributed by atoms with Crippen LogP contribution in [0.3, 0.4) is 0 Å².